The molecule has 0 unspecified atom stereocenters. The largest absolute Gasteiger partial charge is 0.376 e. The lowest BCUT2D eigenvalue weighted by atomic mass is 10.1. The number of benzene rings is 2. The fourth-order valence-electron chi connectivity index (χ4n) is 2.93. The number of hydrogen-bond donors (Lipinski definition) is 2. The lowest BCUT2D eigenvalue weighted by Gasteiger charge is -2.14. The number of nitrogens with one attached hydrogen (secondary N) is 2. The van der Waals surface area contributed by atoms with Crippen LogP contribution in [0.2, 0.25) is 5.02 Å². The molecule has 142 valence electrons. The molecular formula is C20H20ClFN2O3. The SMILES string of the molecule is O=C(Cc1ccc(Cl)cc1F)Nc1ccccc1C(=O)NC[C@H]1CCCO1. The minimum atomic E-state index is -0.541. The number of anilines is 1. The van der Waals surface area contributed by atoms with Gasteiger partial charge < -0.3 is 15.4 Å². The van der Waals surface area contributed by atoms with E-state index >= 15 is 0 Å². The van der Waals surface area contributed by atoms with Gasteiger partial charge in [-0.3, -0.25) is 9.59 Å². The summed E-state index contributed by atoms with van der Waals surface area (Å²) in [6.45, 7) is 1.14. The minimum Gasteiger partial charge on any atom is -0.376 e. The van der Waals surface area contributed by atoms with Crippen molar-refractivity contribution in [2.45, 2.75) is 25.4 Å². The van der Waals surface area contributed by atoms with Crippen molar-refractivity contribution in [3.05, 3.63) is 64.4 Å². The van der Waals surface area contributed by atoms with Gasteiger partial charge in [0, 0.05) is 18.2 Å². The molecule has 1 fully saturated rings. The lowest BCUT2D eigenvalue weighted by Crippen LogP contribution is -2.32. The highest BCUT2D eigenvalue weighted by Crippen LogP contribution is 2.18. The van der Waals surface area contributed by atoms with Crippen LogP contribution in [0.4, 0.5) is 10.1 Å². The molecule has 2 aromatic rings. The van der Waals surface area contributed by atoms with Crippen molar-refractivity contribution in [3.8, 4) is 0 Å². The highest BCUT2D eigenvalue weighted by molar-refractivity contribution is 6.30. The van der Waals surface area contributed by atoms with Crippen LogP contribution < -0.4 is 10.6 Å². The van der Waals surface area contributed by atoms with Crippen molar-refractivity contribution in [1.82, 2.24) is 5.32 Å². The molecule has 0 saturated carbocycles. The predicted octanol–water partition coefficient (Wildman–Crippen LogP) is 3.57. The maximum atomic E-state index is 13.9. The van der Waals surface area contributed by atoms with Crippen molar-refractivity contribution in [2.24, 2.45) is 0 Å². The number of hydrogen-bond acceptors (Lipinski definition) is 3. The van der Waals surface area contributed by atoms with Crippen LogP contribution in [0, 0.1) is 5.82 Å². The molecule has 1 aliphatic rings. The summed E-state index contributed by atoms with van der Waals surface area (Å²) in [5.41, 5.74) is 0.958. The van der Waals surface area contributed by atoms with Crippen LogP contribution in [0.5, 0.6) is 0 Å². The Morgan fingerprint density at radius 2 is 2.04 bits per heavy atom. The van der Waals surface area contributed by atoms with Crippen LogP contribution in [-0.4, -0.2) is 31.1 Å². The number of para-hydroxylation sites is 1. The second-order valence-corrected chi connectivity index (χ2v) is 6.79. The summed E-state index contributed by atoms with van der Waals surface area (Å²) >= 11 is 5.72. The van der Waals surface area contributed by atoms with E-state index in [1.807, 2.05) is 0 Å². The molecule has 0 bridgehead atoms. The van der Waals surface area contributed by atoms with Gasteiger partial charge in [-0.15, -0.1) is 0 Å². The smallest absolute Gasteiger partial charge is 0.253 e. The van der Waals surface area contributed by atoms with Gasteiger partial charge in [-0.2, -0.15) is 0 Å². The van der Waals surface area contributed by atoms with Gasteiger partial charge in [0.2, 0.25) is 5.91 Å². The third kappa shape index (κ3) is 5.28. The molecule has 1 atom stereocenters. The Morgan fingerprint density at radius 3 is 2.78 bits per heavy atom. The summed E-state index contributed by atoms with van der Waals surface area (Å²) in [6, 6.07) is 10.9. The zero-order valence-electron chi connectivity index (χ0n) is 14.6. The average molecular weight is 391 g/mol. The Hall–Kier alpha value is -2.44. The van der Waals surface area contributed by atoms with E-state index in [4.69, 9.17) is 16.3 Å². The molecular weight excluding hydrogens is 371 g/mol. The van der Waals surface area contributed by atoms with E-state index in [1.165, 1.54) is 12.1 Å². The van der Waals surface area contributed by atoms with Gasteiger partial charge >= 0.3 is 0 Å². The Bertz CT molecular complexity index is 838. The van der Waals surface area contributed by atoms with Crippen LogP contribution in [0.25, 0.3) is 0 Å². The van der Waals surface area contributed by atoms with Gasteiger partial charge in [0.15, 0.2) is 0 Å². The molecule has 1 saturated heterocycles. The zero-order chi connectivity index (χ0) is 19.2. The molecule has 2 aromatic carbocycles. The second kappa shape index (κ2) is 8.97. The standard InChI is InChI=1S/C20H20ClFN2O3/c21-14-8-7-13(17(22)11-14)10-19(25)24-18-6-2-1-5-16(18)20(26)23-12-15-4-3-9-27-15/h1-2,5-8,11,15H,3-4,9-10,12H2,(H,23,26)(H,24,25)/t15-/m1/s1. The molecule has 0 radical (unpaired) electrons. The monoisotopic (exact) mass is 390 g/mol. The van der Waals surface area contributed by atoms with E-state index in [-0.39, 0.29) is 29.0 Å². The fourth-order valence-corrected chi connectivity index (χ4v) is 3.09. The molecule has 1 heterocycles. The molecule has 3 rings (SSSR count). The van der Waals surface area contributed by atoms with Crippen molar-refractivity contribution in [1.29, 1.82) is 0 Å². The van der Waals surface area contributed by atoms with Crippen molar-refractivity contribution in [2.75, 3.05) is 18.5 Å². The van der Waals surface area contributed by atoms with Crippen molar-refractivity contribution >= 4 is 29.1 Å². The minimum absolute atomic E-state index is 0.0311. The molecule has 2 N–H and O–H groups in total. The van der Waals surface area contributed by atoms with Gasteiger partial charge in [0.1, 0.15) is 5.82 Å². The first kappa shape index (κ1) is 19.3. The average Bonchev–Trinajstić information content (AvgIpc) is 3.16. The number of carbonyl (C=O) groups is 2. The Balaban J connectivity index is 1.64. The first-order chi connectivity index (χ1) is 13.0. The molecule has 7 heteroatoms. The molecule has 5 nitrogen and oxygen atoms in total. The molecule has 27 heavy (non-hydrogen) atoms. The van der Waals surface area contributed by atoms with Crippen LogP contribution in [-0.2, 0) is 16.0 Å². The fraction of sp³-hybridized carbons (Fsp3) is 0.300. The maximum Gasteiger partial charge on any atom is 0.253 e. The Labute approximate surface area is 161 Å². The van der Waals surface area contributed by atoms with Gasteiger partial charge in [-0.05, 0) is 42.7 Å². The number of ether oxygens (including phenoxy) is 1. The van der Waals surface area contributed by atoms with Crippen molar-refractivity contribution in [3.63, 3.8) is 0 Å². The van der Waals surface area contributed by atoms with Gasteiger partial charge in [-0.1, -0.05) is 29.8 Å². The van der Waals surface area contributed by atoms with Gasteiger partial charge in [0.25, 0.3) is 5.91 Å². The normalized spacial score (nSPS) is 16.1. The molecule has 1 aliphatic heterocycles. The quantitative estimate of drug-likeness (QED) is 0.792. The molecule has 0 spiro atoms. The second-order valence-electron chi connectivity index (χ2n) is 6.35. The Morgan fingerprint density at radius 1 is 1.22 bits per heavy atom. The third-order valence-corrected chi connectivity index (χ3v) is 4.56. The van der Waals surface area contributed by atoms with E-state index in [0.29, 0.717) is 24.4 Å². The lowest BCUT2D eigenvalue weighted by molar-refractivity contribution is -0.115. The van der Waals surface area contributed by atoms with E-state index < -0.39 is 11.7 Å². The van der Waals surface area contributed by atoms with Gasteiger partial charge in [-0.25, -0.2) is 4.39 Å². The number of carbonyl (C=O) groups excluding carboxylic acids is 2. The number of amides is 2. The van der Waals surface area contributed by atoms with E-state index in [2.05, 4.69) is 10.6 Å². The topological polar surface area (TPSA) is 67.4 Å². The Kier molecular flexibility index (Phi) is 6.42. The van der Waals surface area contributed by atoms with Crippen LogP contribution in [0.3, 0.4) is 0 Å². The van der Waals surface area contributed by atoms with E-state index in [0.717, 1.165) is 18.9 Å². The highest BCUT2D eigenvalue weighted by Gasteiger charge is 2.18. The summed E-state index contributed by atoms with van der Waals surface area (Å²) in [5, 5.41) is 5.78. The first-order valence-corrected chi connectivity index (χ1v) is 9.13. The third-order valence-electron chi connectivity index (χ3n) is 4.33. The van der Waals surface area contributed by atoms with Crippen LogP contribution >= 0.6 is 11.6 Å². The molecule has 0 aliphatic carbocycles. The van der Waals surface area contributed by atoms with Crippen molar-refractivity contribution < 1.29 is 18.7 Å². The highest BCUT2D eigenvalue weighted by atomic mass is 35.5. The predicted molar refractivity (Wildman–Crippen MR) is 101 cm³/mol. The summed E-state index contributed by atoms with van der Waals surface area (Å²) in [5.74, 6) is -1.25. The maximum absolute atomic E-state index is 13.9. The molecule has 0 aromatic heterocycles. The zero-order valence-corrected chi connectivity index (χ0v) is 15.4. The number of rotatable bonds is 6. The summed E-state index contributed by atoms with van der Waals surface area (Å²) in [7, 11) is 0. The van der Waals surface area contributed by atoms with Crippen LogP contribution in [0.15, 0.2) is 42.5 Å². The van der Waals surface area contributed by atoms with E-state index in [9.17, 15) is 14.0 Å². The van der Waals surface area contributed by atoms with Crippen LogP contribution in [0.1, 0.15) is 28.8 Å². The molecule has 2 amide bonds. The van der Waals surface area contributed by atoms with E-state index in [1.54, 1.807) is 24.3 Å². The summed E-state index contributed by atoms with van der Waals surface area (Å²) in [6.07, 6.45) is 1.79. The first-order valence-electron chi connectivity index (χ1n) is 8.75. The summed E-state index contributed by atoms with van der Waals surface area (Å²) < 4.78 is 19.4. The van der Waals surface area contributed by atoms with Gasteiger partial charge in [0.05, 0.1) is 23.8 Å². The summed E-state index contributed by atoms with van der Waals surface area (Å²) in [4.78, 5) is 24.8. The number of halogens is 2.